The Bertz CT molecular complexity index is 741. The van der Waals surface area contributed by atoms with E-state index in [1.165, 1.54) is 6.07 Å². The summed E-state index contributed by atoms with van der Waals surface area (Å²) in [7, 11) is 0. The van der Waals surface area contributed by atoms with E-state index in [0.29, 0.717) is 5.56 Å². The van der Waals surface area contributed by atoms with Crippen molar-refractivity contribution in [2.75, 3.05) is 0 Å². The number of hydrogen-bond acceptors (Lipinski definition) is 2. The second-order valence-electron chi connectivity index (χ2n) is 5.63. The van der Waals surface area contributed by atoms with Crippen LogP contribution in [0.3, 0.4) is 0 Å². The van der Waals surface area contributed by atoms with Crippen molar-refractivity contribution in [1.82, 2.24) is 15.1 Å². The third kappa shape index (κ3) is 2.59. The van der Waals surface area contributed by atoms with Crippen molar-refractivity contribution in [3.63, 3.8) is 0 Å². The highest BCUT2D eigenvalue weighted by atomic mass is 79.9. The fraction of sp³-hybridized carbons (Fsp3) is 0.412. The first kappa shape index (κ1) is 16.2. The molecule has 0 bridgehead atoms. The van der Waals surface area contributed by atoms with Crippen LogP contribution in [0.5, 0.6) is 0 Å². The Morgan fingerprint density at radius 1 is 1.35 bits per heavy atom. The van der Waals surface area contributed by atoms with Crippen LogP contribution in [-0.2, 0) is 16.9 Å². The zero-order valence-corrected chi connectivity index (χ0v) is 14.7. The van der Waals surface area contributed by atoms with E-state index in [0.717, 1.165) is 23.0 Å². The second-order valence-corrected chi connectivity index (χ2v) is 6.54. The molecule has 1 atom stereocenters. The van der Waals surface area contributed by atoms with Crippen LogP contribution in [0.25, 0.3) is 0 Å². The summed E-state index contributed by atoms with van der Waals surface area (Å²) in [5.74, 6) is -0.224. The van der Waals surface area contributed by atoms with Gasteiger partial charge in [0.2, 0.25) is 5.91 Å². The summed E-state index contributed by atoms with van der Waals surface area (Å²) in [5, 5.41) is 7.27. The lowest BCUT2D eigenvalue weighted by Crippen LogP contribution is -2.55. The van der Waals surface area contributed by atoms with Crippen molar-refractivity contribution in [2.24, 2.45) is 5.92 Å². The van der Waals surface area contributed by atoms with Gasteiger partial charge in [0.15, 0.2) is 0 Å². The van der Waals surface area contributed by atoms with Gasteiger partial charge in [-0.15, -0.1) is 0 Å². The Morgan fingerprint density at radius 3 is 2.78 bits per heavy atom. The molecule has 1 aliphatic heterocycles. The molecule has 1 saturated carbocycles. The first-order chi connectivity index (χ1) is 11.1. The van der Waals surface area contributed by atoms with E-state index in [-0.39, 0.29) is 24.2 Å². The lowest BCUT2D eigenvalue weighted by molar-refractivity contribution is -0.125. The van der Waals surface area contributed by atoms with E-state index in [9.17, 15) is 9.18 Å². The van der Waals surface area contributed by atoms with Crippen LogP contribution in [0.1, 0.15) is 37.9 Å². The summed E-state index contributed by atoms with van der Waals surface area (Å²) in [4.78, 5) is 12.1. The van der Waals surface area contributed by atoms with E-state index in [2.05, 4.69) is 26.3 Å². The number of nitrogens with one attached hydrogen (secondary N) is 1. The predicted octanol–water partition coefficient (Wildman–Crippen LogP) is 3.59. The van der Waals surface area contributed by atoms with E-state index < -0.39 is 5.54 Å². The van der Waals surface area contributed by atoms with Crippen molar-refractivity contribution >= 4 is 21.8 Å². The molecule has 1 aliphatic carbocycles. The topological polar surface area (TPSA) is 46.9 Å². The van der Waals surface area contributed by atoms with Crippen molar-refractivity contribution in [3.05, 3.63) is 52.0 Å². The number of hydrogen-bond donors (Lipinski definition) is 1. The second kappa shape index (κ2) is 6.07. The lowest BCUT2D eigenvalue weighted by Gasteiger charge is -2.39. The number of carbonyl (C=O) groups is 1. The minimum Gasteiger partial charge on any atom is -0.339 e. The minimum atomic E-state index is -0.806. The molecule has 2 heterocycles. The van der Waals surface area contributed by atoms with Crippen LogP contribution in [0.2, 0.25) is 0 Å². The van der Waals surface area contributed by atoms with E-state index in [1.54, 1.807) is 23.0 Å². The molecular formula is C17H19BrFN3O. The largest absolute Gasteiger partial charge is 0.339 e. The van der Waals surface area contributed by atoms with Crippen LogP contribution in [0.4, 0.5) is 4.39 Å². The zero-order chi connectivity index (χ0) is 16.6. The average Bonchev–Trinajstić information content (AvgIpc) is 3.30. The van der Waals surface area contributed by atoms with Crippen molar-refractivity contribution in [3.8, 4) is 0 Å². The highest BCUT2D eigenvalue weighted by Gasteiger charge is 2.53. The SMILES string of the molecule is CC.O=C1Cn2nccc2C(c2cc(Br)ccc2F)(C2CC2)N1. The molecule has 1 aromatic carbocycles. The summed E-state index contributed by atoms with van der Waals surface area (Å²) in [6.07, 6.45) is 3.61. The number of carbonyl (C=O) groups excluding carboxylic acids is 1. The van der Waals surface area contributed by atoms with E-state index in [4.69, 9.17) is 0 Å². The number of nitrogens with zero attached hydrogens (tertiary/aromatic N) is 2. The van der Waals surface area contributed by atoms with Crippen LogP contribution < -0.4 is 5.32 Å². The van der Waals surface area contributed by atoms with Crippen LogP contribution >= 0.6 is 15.9 Å². The fourth-order valence-corrected chi connectivity index (χ4v) is 3.67. The number of fused-ring (bicyclic) bond motifs is 1. The molecule has 6 heteroatoms. The molecule has 1 aromatic heterocycles. The fourth-order valence-electron chi connectivity index (χ4n) is 3.31. The molecule has 23 heavy (non-hydrogen) atoms. The third-order valence-electron chi connectivity index (χ3n) is 4.29. The Hall–Kier alpha value is -1.69. The van der Waals surface area contributed by atoms with Gasteiger partial charge in [-0.25, -0.2) is 4.39 Å². The van der Waals surface area contributed by atoms with E-state index in [1.807, 2.05) is 19.9 Å². The van der Waals surface area contributed by atoms with Gasteiger partial charge < -0.3 is 5.32 Å². The number of halogens is 2. The normalized spacial score (nSPS) is 22.7. The van der Waals surface area contributed by atoms with Gasteiger partial charge in [-0.05, 0) is 43.0 Å². The first-order valence-corrected chi connectivity index (χ1v) is 8.69. The Labute approximate surface area is 143 Å². The van der Waals surface area contributed by atoms with Crippen LogP contribution in [0, 0.1) is 11.7 Å². The van der Waals surface area contributed by atoms with Gasteiger partial charge in [-0.1, -0.05) is 29.8 Å². The Morgan fingerprint density at radius 2 is 2.09 bits per heavy atom. The maximum atomic E-state index is 14.5. The number of benzene rings is 1. The molecule has 1 fully saturated rings. The lowest BCUT2D eigenvalue weighted by atomic mass is 9.80. The van der Waals surface area contributed by atoms with Crippen molar-refractivity contribution in [2.45, 2.75) is 38.8 Å². The van der Waals surface area contributed by atoms with Crippen molar-refractivity contribution < 1.29 is 9.18 Å². The van der Waals surface area contributed by atoms with Gasteiger partial charge in [-0.3, -0.25) is 9.48 Å². The molecule has 1 amide bonds. The number of rotatable bonds is 2. The van der Waals surface area contributed by atoms with Gasteiger partial charge in [0.05, 0.1) is 5.69 Å². The highest BCUT2D eigenvalue weighted by molar-refractivity contribution is 9.10. The smallest absolute Gasteiger partial charge is 0.242 e. The van der Waals surface area contributed by atoms with Crippen molar-refractivity contribution in [1.29, 1.82) is 0 Å². The zero-order valence-electron chi connectivity index (χ0n) is 13.1. The molecule has 2 aliphatic rings. The molecule has 122 valence electrons. The number of aromatic nitrogens is 2. The average molecular weight is 380 g/mol. The molecule has 0 spiro atoms. The van der Waals surface area contributed by atoms with Crippen LogP contribution in [0.15, 0.2) is 34.9 Å². The standard InChI is InChI=1S/C15H13BrFN3O.C2H6/c16-10-3-4-12(17)11(7-10)15(9-1-2-9)13-5-6-18-20(13)8-14(21)19-15;1-2/h3-7,9H,1-2,8H2,(H,19,21);1-2H3. The molecular weight excluding hydrogens is 361 g/mol. The summed E-state index contributed by atoms with van der Waals surface area (Å²) in [5.41, 5.74) is 0.565. The maximum Gasteiger partial charge on any atom is 0.242 e. The molecule has 1 N–H and O–H groups in total. The molecule has 0 saturated heterocycles. The minimum absolute atomic E-state index is 0.127. The Kier molecular flexibility index (Phi) is 4.27. The van der Waals surface area contributed by atoms with E-state index >= 15 is 0 Å². The van der Waals surface area contributed by atoms with Gasteiger partial charge in [-0.2, -0.15) is 5.10 Å². The third-order valence-corrected chi connectivity index (χ3v) is 4.79. The summed E-state index contributed by atoms with van der Waals surface area (Å²) in [6, 6.07) is 6.74. The Balaban J connectivity index is 0.000000753. The summed E-state index contributed by atoms with van der Waals surface area (Å²) < 4.78 is 17.0. The molecule has 4 nitrogen and oxygen atoms in total. The van der Waals surface area contributed by atoms with Crippen LogP contribution in [-0.4, -0.2) is 15.7 Å². The highest BCUT2D eigenvalue weighted by Crippen LogP contribution is 2.51. The summed E-state index contributed by atoms with van der Waals surface area (Å²) in [6.45, 7) is 4.19. The molecule has 2 aromatic rings. The van der Waals surface area contributed by atoms with Gasteiger partial charge in [0.25, 0.3) is 0 Å². The van der Waals surface area contributed by atoms with Gasteiger partial charge in [0.1, 0.15) is 17.9 Å². The maximum absolute atomic E-state index is 14.5. The molecule has 0 radical (unpaired) electrons. The molecule has 1 unspecified atom stereocenters. The number of amides is 1. The summed E-state index contributed by atoms with van der Waals surface area (Å²) >= 11 is 3.40. The monoisotopic (exact) mass is 379 g/mol. The molecule has 4 rings (SSSR count). The van der Waals surface area contributed by atoms with Gasteiger partial charge in [0, 0.05) is 16.2 Å². The quantitative estimate of drug-likeness (QED) is 0.866. The predicted molar refractivity (Wildman–Crippen MR) is 89.3 cm³/mol. The first-order valence-electron chi connectivity index (χ1n) is 7.90. The van der Waals surface area contributed by atoms with Gasteiger partial charge >= 0.3 is 0 Å².